The number of methoxy groups -OCH3 is 1. The molecule has 0 spiro atoms. The third-order valence-corrected chi connectivity index (χ3v) is 5.55. The summed E-state index contributed by atoms with van der Waals surface area (Å²) < 4.78 is 16.2. The van der Waals surface area contributed by atoms with Gasteiger partial charge in [0.05, 0.1) is 19.3 Å². The summed E-state index contributed by atoms with van der Waals surface area (Å²) in [6.45, 7) is 9.01. The molecule has 3 rings (SSSR count). The molecule has 1 aromatic rings. The number of benzene rings is 1. The van der Waals surface area contributed by atoms with Crippen molar-refractivity contribution in [2.24, 2.45) is 5.41 Å². The van der Waals surface area contributed by atoms with Crippen molar-refractivity contribution < 1.29 is 23.8 Å². The number of nitrogens with one attached hydrogen (secondary N) is 1. The highest BCUT2D eigenvalue weighted by Gasteiger charge is 2.43. The Hall–Kier alpha value is -2.60. The van der Waals surface area contributed by atoms with E-state index in [0.717, 1.165) is 17.7 Å². The van der Waals surface area contributed by atoms with E-state index in [-0.39, 0.29) is 17.8 Å². The summed E-state index contributed by atoms with van der Waals surface area (Å²) in [4.78, 5) is 26.3. The molecule has 162 valence electrons. The van der Waals surface area contributed by atoms with Crippen molar-refractivity contribution >= 4 is 11.8 Å². The Morgan fingerprint density at radius 2 is 2.00 bits per heavy atom. The maximum absolute atomic E-state index is 13.2. The van der Waals surface area contributed by atoms with Crippen LogP contribution in [-0.2, 0) is 19.1 Å². The second kappa shape index (κ2) is 9.04. The van der Waals surface area contributed by atoms with Gasteiger partial charge in [-0.2, -0.15) is 0 Å². The molecule has 1 heterocycles. The minimum atomic E-state index is -0.487. The van der Waals surface area contributed by atoms with Gasteiger partial charge in [0.15, 0.2) is 5.78 Å². The molecule has 0 bridgehead atoms. The van der Waals surface area contributed by atoms with Crippen molar-refractivity contribution in [3.63, 3.8) is 0 Å². The molecular formula is C24H31NO5. The number of hydrogen-bond donors (Lipinski definition) is 1. The van der Waals surface area contributed by atoms with Crippen LogP contribution >= 0.6 is 0 Å². The van der Waals surface area contributed by atoms with Crippen molar-refractivity contribution in [1.82, 2.24) is 5.32 Å². The molecule has 1 aromatic carbocycles. The van der Waals surface area contributed by atoms with Gasteiger partial charge in [0.1, 0.15) is 12.4 Å². The van der Waals surface area contributed by atoms with Crippen LogP contribution in [0.4, 0.5) is 0 Å². The normalized spacial score (nSPS) is 20.6. The van der Waals surface area contributed by atoms with Crippen LogP contribution in [0.2, 0.25) is 0 Å². The lowest BCUT2D eigenvalue weighted by atomic mass is 9.68. The van der Waals surface area contributed by atoms with E-state index in [1.165, 1.54) is 0 Å². The lowest BCUT2D eigenvalue weighted by Crippen LogP contribution is -2.38. The number of Topliss-reactive ketones (excluding diaryl/α,β-unsaturated/α-hetero) is 1. The van der Waals surface area contributed by atoms with Crippen LogP contribution < -0.4 is 10.1 Å². The number of carbonyl (C=O) groups is 2. The first kappa shape index (κ1) is 22.1. The van der Waals surface area contributed by atoms with E-state index in [9.17, 15) is 9.59 Å². The van der Waals surface area contributed by atoms with E-state index >= 15 is 0 Å². The van der Waals surface area contributed by atoms with Crippen LogP contribution in [0, 0.1) is 5.41 Å². The largest absolute Gasteiger partial charge is 0.497 e. The molecule has 1 aliphatic carbocycles. The summed E-state index contributed by atoms with van der Waals surface area (Å²) in [7, 11) is 1.60. The van der Waals surface area contributed by atoms with Crippen molar-refractivity contribution in [3.8, 4) is 5.75 Å². The number of ketones is 1. The molecule has 0 saturated carbocycles. The monoisotopic (exact) mass is 413 g/mol. The Kier molecular flexibility index (Phi) is 6.66. The molecule has 1 aliphatic heterocycles. The molecule has 0 unspecified atom stereocenters. The maximum Gasteiger partial charge on any atom is 0.336 e. The van der Waals surface area contributed by atoms with Gasteiger partial charge in [0.2, 0.25) is 0 Å². The molecule has 6 heteroatoms. The zero-order valence-electron chi connectivity index (χ0n) is 18.5. The van der Waals surface area contributed by atoms with E-state index in [0.29, 0.717) is 42.2 Å². The number of rotatable bonds is 7. The first-order valence-corrected chi connectivity index (χ1v) is 10.4. The lowest BCUT2D eigenvalue weighted by molar-refractivity contribution is -0.140. The van der Waals surface area contributed by atoms with Crippen molar-refractivity contribution in [3.05, 3.63) is 52.4 Å². The summed E-state index contributed by atoms with van der Waals surface area (Å²) >= 11 is 0. The molecule has 0 radical (unpaired) electrons. The van der Waals surface area contributed by atoms with Crippen molar-refractivity contribution in [2.45, 2.75) is 46.5 Å². The molecule has 0 aromatic heterocycles. The fraction of sp³-hybridized carbons (Fsp3) is 0.500. The summed E-state index contributed by atoms with van der Waals surface area (Å²) in [5, 5.41) is 3.34. The highest BCUT2D eigenvalue weighted by molar-refractivity contribution is 6.04. The van der Waals surface area contributed by atoms with Gasteiger partial charge in [-0.1, -0.05) is 26.0 Å². The fourth-order valence-corrected chi connectivity index (χ4v) is 4.28. The van der Waals surface area contributed by atoms with Crippen LogP contribution in [0.3, 0.4) is 0 Å². The van der Waals surface area contributed by atoms with Gasteiger partial charge in [-0.25, -0.2) is 4.79 Å². The first-order valence-electron chi connectivity index (χ1n) is 10.4. The van der Waals surface area contributed by atoms with E-state index in [1.807, 2.05) is 38.1 Å². The minimum absolute atomic E-state index is 0.0636. The zero-order chi connectivity index (χ0) is 21.9. The Labute approximate surface area is 178 Å². The van der Waals surface area contributed by atoms with Gasteiger partial charge in [-0.15, -0.1) is 0 Å². The van der Waals surface area contributed by atoms with Crippen LogP contribution in [0.15, 0.2) is 46.8 Å². The molecule has 1 atom stereocenters. The second-order valence-corrected chi connectivity index (χ2v) is 8.54. The van der Waals surface area contributed by atoms with Gasteiger partial charge >= 0.3 is 5.97 Å². The first-order chi connectivity index (χ1) is 14.3. The Morgan fingerprint density at radius 3 is 2.70 bits per heavy atom. The van der Waals surface area contributed by atoms with Crippen LogP contribution in [0.25, 0.3) is 0 Å². The van der Waals surface area contributed by atoms with Gasteiger partial charge in [-0.05, 0) is 43.4 Å². The lowest BCUT2D eigenvalue weighted by Gasteiger charge is -2.39. The zero-order valence-corrected chi connectivity index (χ0v) is 18.5. The SMILES string of the molecule is CCOCCOC(=O)C1=C(C)NC2=C(C(=O)CC(C)(C)C2)[C@@H]1c1cccc(OC)c1. The molecule has 30 heavy (non-hydrogen) atoms. The van der Waals surface area contributed by atoms with Gasteiger partial charge in [0.25, 0.3) is 0 Å². The van der Waals surface area contributed by atoms with Crippen molar-refractivity contribution in [2.75, 3.05) is 26.9 Å². The van der Waals surface area contributed by atoms with Crippen LogP contribution in [-0.4, -0.2) is 38.7 Å². The standard InChI is InChI=1S/C24H31NO5/c1-6-29-10-11-30-23(27)20-15(2)25-18-13-24(3,4)14-19(26)22(18)21(20)16-8-7-9-17(12-16)28-5/h7-9,12,21,25H,6,10-11,13-14H2,1-5H3/t21-/m1/s1. The quantitative estimate of drug-likeness (QED) is 0.540. The topological polar surface area (TPSA) is 73.9 Å². The van der Waals surface area contributed by atoms with E-state index in [2.05, 4.69) is 19.2 Å². The maximum atomic E-state index is 13.2. The highest BCUT2D eigenvalue weighted by atomic mass is 16.6. The van der Waals surface area contributed by atoms with Gasteiger partial charge in [0, 0.05) is 35.9 Å². The number of dihydropyridines is 1. The number of ether oxygens (including phenoxy) is 3. The minimum Gasteiger partial charge on any atom is -0.497 e. The highest BCUT2D eigenvalue weighted by Crippen LogP contribution is 2.47. The van der Waals surface area contributed by atoms with Crippen LogP contribution in [0.5, 0.6) is 5.75 Å². The predicted octanol–water partition coefficient (Wildman–Crippen LogP) is 3.88. The molecule has 0 saturated heterocycles. The number of esters is 1. The fourth-order valence-electron chi connectivity index (χ4n) is 4.28. The summed E-state index contributed by atoms with van der Waals surface area (Å²) in [6, 6.07) is 7.54. The summed E-state index contributed by atoms with van der Waals surface area (Å²) in [5.41, 5.74) is 3.45. The number of hydrogen-bond acceptors (Lipinski definition) is 6. The molecule has 1 N–H and O–H groups in total. The van der Waals surface area contributed by atoms with Crippen molar-refractivity contribution in [1.29, 1.82) is 0 Å². The van der Waals surface area contributed by atoms with Gasteiger partial charge < -0.3 is 19.5 Å². The Balaban J connectivity index is 2.04. The molecular weight excluding hydrogens is 382 g/mol. The van der Waals surface area contributed by atoms with E-state index in [1.54, 1.807) is 7.11 Å². The number of allylic oxidation sites excluding steroid dienone is 3. The Bertz CT molecular complexity index is 897. The average Bonchev–Trinajstić information content (AvgIpc) is 2.69. The van der Waals surface area contributed by atoms with E-state index in [4.69, 9.17) is 14.2 Å². The molecule has 6 nitrogen and oxygen atoms in total. The molecule has 0 amide bonds. The second-order valence-electron chi connectivity index (χ2n) is 8.54. The molecule has 2 aliphatic rings. The summed E-state index contributed by atoms with van der Waals surface area (Å²) in [6.07, 6.45) is 1.19. The Morgan fingerprint density at radius 1 is 1.23 bits per heavy atom. The third-order valence-electron chi connectivity index (χ3n) is 5.55. The summed E-state index contributed by atoms with van der Waals surface area (Å²) in [5.74, 6) is -0.177. The smallest absolute Gasteiger partial charge is 0.336 e. The predicted molar refractivity (Wildman–Crippen MR) is 114 cm³/mol. The van der Waals surface area contributed by atoms with E-state index < -0.39 is 11.9 Å². The average molecular weight is 414 g/mol. The van der Waals surface area contributed by atoms with Gasteiger partial charge in [-0.3, -0.25) is 4.79 Å². The number of carbonyl (C=O) groups excluding carboxylic acids is 2. The van der Waals surface area contributed by atoms with Crippen LogP contribution in [0.1, 0.15) is 52.0 Å². The molecule has 0 fully saturated rings. The third kappa shape index (κ3) is 4.59.